The number of benzene rings is 1. The van der Waals surface area contributed by atoms with Crippen molar-refractivity contribution in [2.75, 3.05) is 6.61 Å². The number of hydrogen-bond acceptors (Lipinski definition) is 5. The Labute approximate surface area is 147 Å². The van der Waals surface area contributed by atoms with E-state index in [0.717, 1.165) is 11.3 Å². The summed E-state index contributed by atoms with van der Waals surface area (Å²) in [6.07, 6.45) is 2.98. The van der Waals surface area contributed by atoms with Gasteiger partial charge in [-0.15, -0.1) is 11.3 Å². The summed E-state index contributed by atoms with van der Waals surface area (Å²) in [6.45, 7) is 5.45. The second kappa shape index (κ2) is 8.22. The molecule has 0 saturated carbocycles. The van der Waals surface area contributed by atoms with Crippen LogP contribution < -0.4 is 14.8 Å². The summed E-state index contributed by atoms with van der Waals surface area (Å²) in [6, 6.07) is 7.47. The first-order chi connectivity index (χ1) is 12.0. The van der Waals surface area contributed by atoms with Crippen LogP contribution in [0.25, 0.3) is 11.6 Å². The third-order valence-electron chi connectivity index (χ3n) is 3.25. The topological polar surface area (TPSA) is 72.1 Å². The van der Waals surface area contributed by atoms with Crippen LogP contribution in [0.1, 0.15) is 12.5 Å². The lowest BCUT2D eigenvalue weighted by Crippen LogP contribution is -2.32. The third kappa shape index (κ3) is 4.11. The van der Waals surface area contributed by atoms with Gasteiger partial charge < -0.3 is 4.74 Å². The molecule has 128 valence electrons. The predicted octanol–water partition coefficient (Wildman–Crippen LogP) is 1.30. The van der Waals surface area contributed by atoms with Crippen molar-refractivity contribution < 1.29 is 13.9 Å². The first-order valence-corrected chi connectivity index (χ1v) is 8.22. The molecule has 1 aromatic carbocycles. The predicted molar refractivity (Wildman–Crippen MR) is 93.6 cm³/mol. The number of carbonyl (C=O) groups excluding carboxylic acids is 1. The van der Waals surface area contributed by atoms with Gasteiger partial charge in [-0.25, -0.2) is 9.18 Å². The van der Waals surface area contributed by atoms with Gasteiger partial charge in [-0.3, -0.25) is 9.36 Å². The molecule has 25 heavy (non-hydrogen) atoms. The molecule has 0 saturated heterocycles. The summed E-state index contributed by atoms with van der Waals surface area (Å²) in [5.74, 6) is -1.18. The minimum absolute atomic E-state index is 0.0275. The minimum atomic E-state index is -0.806. The van der Waals surface area contributed by atoms with Gasteiger partial charge in [-0.05, 0) is 30.7 Å². The zero-order chi connectivity index (χ0) is 18.4. The number of carbonyl (C=O) groups is 1. The zero-order valence-corrected chi connectivity index (χ0v) is 14.3. The molecule has 0 unspecified atom stereocenters. The second-order valence-corrected chi connectivity index (χ2v) is 5.92. The molecular formula is C18H15FN2O3S. The van der Waals surface area contributed by atoms with Gasteiger partial charge in [0.05, 0.1) is 4.53 Å². The highest BCUT2D eigenvalue weighted by Crippen LogP contribution is 2.03. The van der Waals surface area contributed by atoms with Crippen LogP contribution >= 0.6 is 11.3 Å². The van der Waals surface area contributed by atoms with Gasteiger partial charge in [0.1, 0.15) is 23.2 Å². The van der Waals surface area contributed by atoms with Crippen LogP contribution in [0.3, 0.4) is 0 Å². The van der Waals surface area contributed by atoms with E-state index in [1.54, 1.807) is 13.0 Å². The Hall–Kier alpha value is -2.98. The van der Waals surface area contributed by atoms with Crippen molar-refractivity contribution in [1.29, 1.82) is 5.26 Å². The quantitative estimate of drug-likeness (QED) is 0.597. The van der Waals surface area contributed by atoms with Gasteiger partial charge in [0.25, 0.3) is 5.56 Å². The van der Waals surface area contributed by atoms with Crippen LogP contribution in [-0.4, -0.2) is 17.1 Å². The average molecular weight is 358 g/mol. The third-order valence-corrected chi connectivity index (χ3v) is 4.38. The Morgan fingerprint density at radius 2 is 2.12 bits per heavy atom. The normalized spacial score (nSPS) is 12.4. The van der Waals surface area contributed by atoms with Crippen molar-refractivity contribution in [2.45, 2.75) is 13.5 Å². The summed E-state index contributed by atoms with van der Waals surface area (Å²) in [5, 5.41) is 9.32. The number of halogens is 1. The lowest BCUT2D eigenvalue weighted by Gasteiger charge is -2.00. The number of nitriles is 1. The smallest absolute Gasteiger partial charge is 0.352 e. The molecule has 0 N–H and O–H groups in total. The summed E-state index contributed by atoms with van der Waals surface area (Å²) < 4.78 is 19.8. The largest absolute Gasteiger partial charge is 0.457 e. The Morgan fingerprint density at radius 1 is 1.44 bits per heavy atom. The summed E-state index contributed by atoms with van der Waals surface area (Å²) in [4.78, 5) is 24.6. The number of hydrogen-bond donors (Lipinski definition) is 0. The van der Waals surface area contributed by atoms with E-state index in [1.807, 2.05) is 6.07 Å². The van der Waals surface area contributed by atoms with Crippen molar-refractivity contribution in [3.8, 4) is 6.07 Å². The highest BCUT2D eigenvalue weighted by molar-refractivity contribution is 7.07. The number of nitrogens with zero attached hydrogens (tertiary/aromatic N) is 2. The maximum atomic E-state index is 13.0. The van der Waals surface area contributed by atoms with Crippen LogP contribution in [-0.2, 0) is 16.1 Å². The van der Waals surface area contributed by atoms with Crippen LogP contribution in [0.2, 0.25) is 0 Å². The molecule has 0 bridgehead atoms. The SMILES string of the molecule is C=CCOC(=O)/C(C#N)=c1\s/c(=C\c2ccc(F)cc2)c(=O)n1CC. The average Bonchev–Trinajstić information content (AvgIpc) is 2.91. The molecule has 7 heteroatoms. The number of esters is 1. The van der Waals surface area contributed by atoms with E-state index < -0.39 is 5.97 Å². The van der Waals surface area contributed by atoms with E-state index >= 15 is 0 Å². The molecule has 0 spiro atoms. The molecule has 0 radical (unpaired) electrons. The fourth-order valence-electron chi connectivity index (χ4n) is 2.09. The summed E-state index contributed by atoms with van der Waals surface area (Å²) in [7, 11) is 0. The maximum Gasteiger partial charge on any atom is 0.352 e. The molecule has 0 aliphatic heterocycles. The van der Waals surface area contributed by atoms with E-state index in [0.29, 0.717) is 16.6 Å². The van der Waals surface area contributed by atoms with Gasteiger partial charge in [-0.1, -0.05) is 24.8 Å². The van der Waals surface area contributed by atoms with Gasteiger partial charge in [-0.2, -0.15) is 5.26 Å². The molecule has 0 fully saturated rings. The van der Waals surface area contributed by atoms with Gasteiger partial charge in [0.2, 0.25) is 0 Å². The fraction of sp³-hybridized carbons (Fsp3) is 0.167. The first kappa shape index (κ1) is 18.4. The molecule has 5 nitrogen and oxygen atoms in total. The number of ether oxygens (including phenoxy) is 1. The highest BCUT2D eigenvalue weighted by atomic mass is 32.1. The maximum absolute atomic E-state index is 13.0. The van der Waals surface area contributed by atoms with Crippen LogP contribution in [0.15, 0.2) is 41.7 Å². The van der Waals surface area contributed by atoms with Crippen molar-refractivity contribution >= 4 is 29.0 Å². The molecule has 0 atom stereocenters. The first-order valence-electron chi connectivity index (χ1n) is 7.41. The molecule has 1 heterocycles. The lowest BCUT2D eigenvalue weighted by atomic mass is 10.2. The number of rotatable bonds is 5. The van der Waals surface area contributed by atoms with Crippen molar-refractivity contribution in [3.63, 3.8) is 0 Å². The zero-order valence-electron chi connectivity index (χ0n) is 13.5. The van der Waals surface area contributed by atoms with Crippen molar-refractivity contribution in [3.05, 3.63) is 67.9 Å². The lowest BCUT2D eigenvalue weighted by molar-refractivity contribution is -0.135. The minimum Gasteiger partial charge on any atom is -0.457 e. The molecule has 1 aromatic heterocycles. The van der Waals surface area contributed by atoms with Crippen LogP contribution in [0.5, 0.6) is 0 Å². The molecular weight excluding hydrogens is 343 g/mol. The van der Waals surface area contributed by atoms with Gasteiger partial charge in [0, 0.05) is 6.54 Å². The fourth-order valence-corrected chi connectivity index (χ4v) is 3.24. The molecule has 0 aliphatic carbocycles. The van der Waals surface area contributed by atoms with Gasteiger partial charge >= 0.3 is 5.97 Å². The van der Waals surface area contributed by atoms with Crippen molar-refractivity contribution in [1.82, 2.24) is 4.57 Å². The van der Waals surface area contributed by atoms with E-state index in [-0.39, 0.29) is 28.2 Å². The molecule has 0 aliphatic rings. The number of thiazole rings is 1. The monoisotopic (exact) mass is 358 g/mol. The van der Waals surface area contributed by atoms with Crippen LogP contribution in [0.4, 0.5) is 4.39 Å². The Balaban J connectivity index is 2.68. The van der Waals surface area contributed by atoms with Crippen LogP contribution in [0, 0.1) is 17.1 Å². The van der Waals surface area contributed by atoms with E-state index in [1.165, 1.54) is 34.9 Å². The molecule has 2 aromatic rings. The highest BCUT2D eigenvalue weighted by Gasteiger charge is 2.16. The van der Waals surface area contributed by atoms with E-state index in [2.05, 4.69) is 6.58 Å². The van der Waals surface area contributed by atoms with Crippen molar-refractivity contribution in [2.24, 2.45) is 0 Å². The summed E-state index contributed by atoms with van der Waals surface area (Å²) in [5.41, 5.74) is 0.0861. The molecule has 0 amide bonds. The van der Waals surface area contributed by atoms with E-state index in [4.69, 9.17) is 4.74 Å². The van der Waals surface area contributed by atoms with Gasteiger partial charge in [0.15, 0.2) is 5.57 Å². The Bertz CT molecular complexity index is 1010. The number of aromatic nitrogens is 1. The Morgan fingerprint density at radius 3 is 2.68 bits per heavy atom. The summed E-state index contributed by atoms with van der Waals surface area (Å²) >= 11 is 1.02. The van der Waals surface area contributed by atoms with E-state index in [9.17, 15) is 19.2 Å². The Kier molecular flexibility index (Phi) is 6.03. The standard InChI is InChI=1S/C18H15FN2O3S/c1-3-9-24-18(23)14(11-20)17-21(4-2)16(22)15(25-17)10-12-5-7-13(19)8-6-12/h3,5-8,10H,1,4,9H2,2H3/b15-10-,17-14-. The molecule has 2 rings (SSSR count). The second-order valence-electron chi connectivity index (χ2n) is 4.89.